The van der Waals surface area contributed by atoms with Crippen LogP contribution in [0.4, 0.5) is 18.0 Å². The van der Waals surface area contributed by atoms with Gasteiger partial charge in [-0.05, 0) is 30.4 Å². The molecule has 4 rings (SSSR count). The molecule has 3 amide bonds. The average Bonchev–Trinajstić information content (AvgIpc) is 3.24. The van der Waals surface area contributed by atoms with E-state index in [1.165, 1.54) is 0 Å². The summed E-state index contributed by atoms with van der Waals surface area (Å²) >= 11 is 0. The number of halogens is 3. The van der Waals surface area contributed by atoms with Crippen molar-refractivity contribution in [2.24, 2.45) is 11.7 Å². The summed E-state index contributed by atoms with van der Waals surface area (Å²) in [5.41, 5.74) is 4.93. The lowest BCUT2D eigenvalue weighted by Crippen LogP contribution is -2.53. The SMILES string of the molecule is NC(=O)C1CCN(C(=O)N2CC(c3ccc(C4(C(F)(F)F)CC4)cc3)C2)C1. The van der Waals surface area contributed by atoms with E-state index in [1.54, 1.807) is 34.1 Å². The Morgan fingerprint density at radius 1 is 1.04 bits per heavy atom. The lowest BCUT2D eigenvalue weighted by Gasteiger charge is -2.41. The van der Waals surface area contributed by atoms with E-state index in [-0.39, 0.29) is 36.6 Å². The Kier molecular flexibility index (Phi) is 4.12. The molecule has 3 fully saturated rings. The Morgan fingerprint density at radius 2 is 1.67 bits per heavy atom. The lowest BCUT2D eigenvalue weighted by atomic mass is 9.88. The highest BCUT2D eigenvalue weighted by molar-refractivity contribution is 5.80. The van der Waals surface area contributed by atoms with Crippen LogP contribution in [-0.4, -0.2) is 54.1 Å². The molecule has 5 nitrogen and oxygen atoms in total. The maximum atomic E-state index is 13.2. The van der Waals surface area contributed by atoms with E-state index in [1.807, 2.05) is 0 Å². The predicted octanol–water partition coefficient (Wildman–Crippen LogP) is 2.61. The smallest absolute Gasteiger partial charge is 0.369 e. The second-order valence-corrected chi connectivity index (χ2v) is 7.92. The number of hydrogen-bond donors (Lipinski definition) is 1. The number of rotatable bonds is 3. The predicted molar refractivity (Wildman–Crippen MR) is 92.0 cm³/mol. The third kappa shape index (κ3) is 3.04. The number of amides is 3. The summed E-state index contributed by atoms with van der Waals surface area (Å²) in [5.74, 6) is -0.514. The third-order valence-corrected chi connectivity index (χ3v) is 6.24. The highest BCUT2D eigenvalue weighted by atomic mass is 19.4. The molecule has 0 bridgehead atoms. The molecule has 1 saturated carbocycles. The molecule has 0 radical (unpaired) electrons. The standard InChI is InChI=1S/C19H22F3N3O2/c20-19(21,22)18(6-7-18)15-3-1-12(2-4-15)14-10-25(11-14)17(27)24-8-5-13(9-24)16(23)26/h1-4,13-14H,5-11H2,(H2,23,26). The summed E-state index contributed by atoms with van der Waals surface area (Å²) in [7, 11) is 0. The van der Waals surface area contributed by atoms with Crippen LogP contribution in [0.15, 0.2) is 24.3 Å². The van der Waals surface area contributed by atoms with Gasteiger partial charge in [-0.3, -0.25) is 4.79 Å². The van der Waals surface area contributed by atoms with Gasteiger partial charge in [-0.15, -0.1) is 0 Å². The summed E-state index contributed by atoms with van der Waals surface area (Å²) in [6, 6.07) is 6.58. The molecule has 0 spiro atoms. The van der Waals surface area contributed by atoms with Gasteiger partial charge >= 0.3 is 12.2 Å². The van der Waals surface area contributed by atoms with E-state index in [9.17, 15) is 22.8 Å². The van der Waals surface area contributed by atoms with Crippen molar-refractivity contribution in [2.75, 3.05) is 26.2 Å². The normalized spacial score (nSPS) is 24.6. The molecule has 1 aromatic carbocycles. The van der Waals surface area contributed by atoms with E-state index in [0.717, 1.165) is 5.56 Å². The zero-order valence-corrected chi connectivity index (χ0v) is 14.8. The summed E-state index contributed by atoms with van der Waals surface area (Å²) in [5, 5.41) is 0. The molecular weight excluding hydrogens is 359 g/mol. The minimum atomic E-state index is -4.20. The molecule has 2 N–H and O–H groups in total. The second kappa shape index (κ2) is 6.14. The van der Waals surface area contributed by atoms with Crippen molar-refractivity contribution in [1.82, 2.24) is 9.80 Å². The molecule has 146 valence electrons. The Labute approximate surface area is 155 Å². The van der Waals surface area contributed by atoms with E-state index >= 15 is 0 Å². The maximum absolute atomic E-state index is 13.2. The molecule has 1 atom stereocenters. The van der Waals surface area contributed by atoms with Crippen LogP contribution < -0.4 is 5.73 Å². The van der Waals surface area contributed by atoms with Crippen molar-refractivity contribution in [3.05, 3.63) is 35.4 Å². The lowest BCUT2D eigenvalue weighted by molar-refractivity contribution is -0.160. The van der Waals surface area contributed by atoms with Crippen LogP contribution in [0.25, 0.3) is 0 Å². The van der Waals surface area contributed by atoms with Crippen LogP contribution in [0.5, 0.6) is 0 Å². The van der Waals surface area contributed by atoms with Gasteiger partial charge in [-0.2, -0.15) is 13.2 Å². The van der Waals surface area contributed by atoms with Crippen LogP contribution in [0.2, 0.25) is 0 Å². The zero-order chi connectivity index (χ0) is 19.4. The van der Waals surface area contributed by atoms with Gasteiger partial charge in [-0.1, -0.05) is 24.3 Å². The average molecular weight is 381 g/mol. The maximum Gasteiger partial charge on any atom is 0.398 e. The van der Waals surface area contributed by atoms with Gasteiger partial charge < -0.3 is 15.5 Å². The molecule has 8 heteroatoms. The zero-order valence-electron chi connectivity index (χ0n) is 14.8. The van der Waals surface area contributed by atoms with Crippen LogP contribution >= 0.6 is 0 Å². The van der Waals surface area contributed by atoms with Crippen molar-refractivity contribution >= 4 is 11.9 Å². The van der Waals surface area contributed by atoms with Crippen molar-refractivity contribution in [3.63, 3.8) is 0 Å². The highest BCUT2D eigenvalue weighted by Gasteiger charge is 2.64. The molecule has 1 unspecified atom stereocenters. The van der Waals surface area contributed by atoms with Crippen LogP contribution in [-0.2, 0) is 10.2 Å². The van der Waals surface area contributed by atoms with Crippen molar-refractivity contribution < 1.29 is 22.8 Å². The molecule has 2 heterocycles. The van der Waals surface area contributed by atoms with Crippen LogP contribution in [0.3, 0.4) is 0 Å². The molecule has 0 aromatic heterocycles. The fraction of sp³-hybridized carbons (Fsp3) is 0.579. The number of nitrogens with zero attached hydrogens (tertiary/aromatic N) is 2. The first-order valence-electron chi connectivity index (χ1n) is 9.21. The summed E-state index contributed by atoms with van der Waals surface area (Å²) in [6.07, 6.45) is -3.29. The van der Waals surface area contributed by atoms with E-state index in [0.29, 0.717) is 38.2 Å². The summed E-state index contributed by atoms with van der Waals surface area (Å²) < 4.78 is 39.6. The van der Waals surface area contributed by atoms with Crippen LogP contribution in [0, 0.1) is 5.92 Å². The van der Waals surface area contributed by atoms with Gasteiger partial charge in [0, 0.05) is 32.1 Å². The first-order chi connectivity index (χ1) is 12.7. The Morgan fingerprint density at radius 3 is 2.15 bits per heavy atom. The first kappa shape index (κ1) is 18.1. The third-order valence-electron chi connectivity index (χ3n) is 6.24. The van der Waals surface area contributed by atoms with Crippen molar-refractivity contribution in [3.8, 4) is 0 Å². The van der Waals surface area contributed by atoms with Gasteiger partial charge in [0.15, 0.2) is 0 Å². The number of primary amides is 1. The second-order valence-electron chi connectivity index (χ2n) is 7.92. The minimum Gasteiger partial charge on any atom is -0.369 e. The summed E-state index contributed by atoms with van der Waals surface area (Å²) in [6.45, 7) is 1.98. The van der Waals surface area contributed by atoms with Gasteiger partial charge in [0.05, 0.1) is 11.3 Å². The monoisotopic (exact) mass is 381 g/mol. The molecular formula is C19H22F3N3O2. The topological polar surface area (TPSA) is 66.6 Å². The largest absolute Gasteiger partial charge is 0.398 e. The first-order valence-corrected chi connectivity index (χ1v) is 9.21. The van der Waals surface area contributed by atoms with E-state index in [4.69, 9.17) is 5.73 Å². The van der Waals surface area contributed by atoms with E-state index in [2.05, 4.69) is 0 Å². The summed E-state index contributed by atoms with van der Waals surface area (Å²) in [4.78, 5) is 27.0. The quantitative estimate of drug-likeness (QED) is 0.875. The minimum absolute atomic E-state index is 0.0966. The number of alkyl halides is 3. The Hall–Kier alpha value is -2.25. The number of nitrogens with two attached hydrogens (primary N) is 1. The van der Waals surface area contributed by atoms with Crippen molar-refractivity contribution in [1.29, 1.82) is 0 Å². The molecule has 1 aromatic rings. The Balaban J connectivity index is 1.34. The number of urea groups is 1. The van der Waals surface area contributed by atoms with Gasteiger partial charge in [0.1, 0.15) is 0 Å². The molecule has 2 saturated heterocycles. The van der Waals surface area contributed by atoms with Crippen molar-refractivity contribution in [2.45, 2.75) is 36.8 Å². The number of hydrogen-bond acceptors (Lipinski definition) is 2. The van der Waals surface area contributed by atoms with Gasteiger partial charge in [0.25, 0.3) is 0 Å². The molecule has 2 aliphatic heterocycles. The molecule has 27 heavy (non-hydrogen) atoms. The fourth-order valence-corrected chi connectivity index (χ4v) is 4.15. The van der Waals surface area contributed by atoms with Gasteiger partial charge in [-0.25, -0.2) is 4.79 Å². The number of carbonyl (C=O) groups is 2. The number of benzene rings is 1. The number of carbonyl (C=O) groups excluding carboxylic acids is 2. The van der Waals surface area contributed by atoms with E-state index < -0.39 is 11.6 Å². The van der Waals surface area contributed by atoms with Gasteiger partial charge in [0.2, 0.25) is 5.91 Å². The molecule has 1 aliphatic carbocycles. The number of likely N-dealkylation sites (tertiary alicyclic amines) is 2. The fourth-order valence-electron chi connectivity index (χ4n) is 4.15. The Bertz CT molecular complexity index is 752. The highest BCUT2D eigenvalue weighted by Crippen LogP contribution is 2.58. The molecule has 3 aliphatic rings. The van der Waals surface area contributed by atoms with Crippen LogP contribution in [0.1, 0.15) is 36.3 Å².